The van der Waals surface area contributed by atoms with E-state index in [1.165, 1.54) is 58.8 Å². The second-order valence-corrected chi connectivity index (χ2v) is 8.03. The number of methoxy groups -OCH3 is 4. The molecule has 196 valence electrons. The van der Waals surface area contributed by atoms with Crippen molar-refractivity contribution in [1.82, 2.24) is 0 Å². The fraction of sp³-hybridized carbons (Fsp3) is 0.400. The molecule has 0 aliphatic heterocycles. The molecule has 3 rings (SSSR count). The number of alkyl halides is 3. The Bertz CT molecular complexity index is 1250. The van der Waals surface area contributed by atoms with Crippen molar-refractivity contribution in [1.29, 1.82) is 0 Å². The fourth-order valence-electron chi connectivity index (χ4n) is 3.96. The number of nitrogens with one attached hydrogen (secondary N) is 1. The third-order valence-corrected chi connectivity index (χ3v) is 5.80. The van der Waals surface area contributed by atoms with Crippen molar-refractivity contribution in [2.24, 2.45) is 0 Å². The van der Waals surface area contributed by atoms with Gasteiger partial charge in [0.1, 0.15) is 25.2 Å². The number of quaternary nitrogens is 1. The topological polar surface area (TPSA) is 94.6 Å². The zero-order chi connectivity index (χ0) is 26.5. The Morgan fingerprint density at radius 1 is 0.944 bits per heavy atom. The fourth-order valence-corrected chi connectivity index (χ4v) is 3.96. The zero-order valence-electron chi connectivity index (χ0n) is 20.4. The molecular weight excluding hydrogens is 483 g/mol. The smallest absolute Gasteiger partial charge is 0.450 e. The number of benzene rings is 2. The lowest BCUT2D eigenvalue weighted by molar-refractivity contribution is -0.914. The van der Waals surface area contributed by atoms with E-state index in [0.29, 0.717) is 26.3 Å². The molecule has 8 nitrogen and oxygen atoms in total. The SMILES string of the molecule is COCC[NH+](CCOC)Cc1c([O-])ccc2c(=O)c(-c3ccc(OC)c(OC)c3)c(C(F)(F)F)oc12. The van der Waals surface area contributed by atoms with E-state index in [4.69, 9.17) is 23.4 Å². The molecule has 0 saturated carbocycles. The normalized spacial score (nSPS) is 11.9. The highest BCUT2D eigenvalue weighted by atomic mass is 19.4. The van der Waals surface area contributed by atoms with E-state index < -0.39 is 28.7 Å². The molecule has 0 unspecified atom stereocenters. The van der Waals surface area contributed by atoms with Gasteiger partial charge in [0, 0.05) is 19.8 Å². The van der Waals surface area contributed by atoms with Gasteiger partial charge in [0.05, 0.1) is 38.4 Å². The molecule has 0 aliphatic rings. The Morgan fingerprint density at radius 3 is 2.14 bits per heavy atom. The lowest BCUT2D eigenvalue weighted by Gasteiger charge is -2.23. The lowest BCUT2D eigenvalue weighted by Crippen LogP contribution is -3.11. The summed E-state index contributed by atoms with van der Waals surface area (Å²) in [5.74, 6) is -1.58. The third-order valence-electron chi connectivity index (χ3n) is 5.80. The van der Waals surface area contributed by atoms with Crippen LogP contribution in [0.15, 0.2) is 39.5 Å². The van der Waals surface area contributed by atoms with Crippen molar-refractivity contribution in [2.45, 2.75) is 12.7 Å². The first-order chi connectivity index (χ1) is 17.2. The Hall–Kier alpha value is -3.28. The molecule has 1 aromatic heterocycles. The molecule has 0 fully saturated rings. The van der Waals surface area contributed by atoms with Crippen LogP contribution in [0.4, 0.5) is 13.2 Å². The Labute approximate surface area is 205 Å². The molecule has 36 heavy (non-hydrogen) atoms. The van der Waals surface area contributed by atoms with E-state index in [1.54, 1.807) is 0 Å². The van der Waals surface area contributed by atoms with Crippen LogP contribution < -0.4 is 24.9 Å². The van der Waals surface area contributed by atoms with Crippen molar-refractivity contribution < 1.29 is 46.5 Å². The van der Waals surface area contributed by atoms with Gasteiger partial charge < -0.3 is 33.4 Å². The molecule has 0 aliphatic carbocycles. The number of fused-ring (bicyclic) bond motifs is 1. The van der Waals surface area contributed by atoms with Gasteiger partial charge >= 0.3 is 6.18 Å². The standard InChI is InChI=1S/C25H28F3NO7/c1-32-11-9-29(10-12-33-2)14-17-18(30)7-6-16-22(31)21(24(25(26,27)28)36-23(16)17)15-5-8-19(34-3)20(13-15)35-4/h5-8,13,30H,9-12,14H2,1-4H3. The summed E-state index contributed by atoms with van der Waals surface area (Å²) in [6.07, 6.45) is -5.01. The number of hydrogen-bond donors (Lipinski definition) is 1. The first-order valence-electron chi connectivity index (χ1n) is 11.1. The van der Waals surface area contributed by atoms with Gasteiger partial charge in [-0.05, 0) is 23.8 Å². The summed E-state index contributed by atoms with van der Waals surface area (Å²) >= 11 is 0. The first-order valence-corrected chi connectivity index (χ1v) is 11.1. The molecule has 0 atom stereocenters. The Balaban J connectivity index is 2.26. The first kappa shape index (κ1) is 27.3. The van der Waals surface area contributed by atoms with Gasteiger partial charge in [-0.25, -0.2) is 0 Å². The Kier molecular flexibility index (Phi) is 8.83. The maximum absolute atomic E-state index is 14.2. The molecule has 0 amide bonds. The number of hydrogen-bond acceptors (Lipinski definition) is 7. The molecular formula is C25H28F3NO7. The molecule has 1 N–H and O–H groups in total. The summed E-state index contributed by atoms with van der Waals surface area (Å²) in [6.45, 7) is 1.68. The highest BCUT2D eigenvalue weighted by Crippen LogP contribution is 2.40. The van der Waals surface area contributed by atoms with E-state index in [9.17, 15) is 23.1 Å². The monoisotopic (exact) mass is 511 g/mol. The van der Waals surface area contributed by atoms with Crippen LogP contribution in [0, 0.1) is 0 Å². The average Bonchev–Trinajstić information content (AvgIpc) is 2.85. The van der Waals surface area contributed by atoms with Crippen LogP contribution in [0.3, 0.4) is 0 Å². The number of rotatable bonds is 11. The van der Waals surface area contributed by atoms with Crippen molar-refractivity contribution in [2.75, 3.05) is 54.7 Å². The van der Waals surface area contributed by atoms with Gasteiger partial charge in [0.15, 0.2) is 11.5 Å². The van der Waals surface area contributed by atoms with E-state index in [0.717, 1.165) is 4.90 Å². The summed E-state index contributed by atoms with van der Waals surface area (Å²) in [6, 6.07) is 6.36. The molecule has 0 radical (unpaired) electrons. The highest BCUT2D eigenvalue weighted by Gasteiger charge is 2.40. The van der Waals surface area contributed by atoms with Crippen LogP contribution in [0.5, 0.6) is 17.2 Å². The van der Waals surface area contributed by atoms with E-state index >= 15 is 0 Å². The number of ether oxygens (including phenoxy) is 4. The van der Waals surface area contributed by atoms with Crippen LogP contribution in [0.2, 0.25) is 0 Å². The summed E-state index contributed by atoms with van der Waals surface area (Å²) in [4.78, 5) is 14.3. The van der Waals surface area contributed by atoms with Gasteiger partial charge in [0.25, 0.3) is 0 Å². The van der Waals surface area contributed by atoms with Crippen LogP contribution in [-0.2, 0) is 22.2 Å². The molecule has 0 spiro atoms. The number of halogens is 3. The summed E-state index contributed by atoms with van der Waals surface area (Å²) in [5.41, 5.74) is -2.04. The van der Waals surface area contributed by atoms with Gasteiger partial charge in [-0.2, -0.15) is 13.2 Å². The minimum Gasteiger partial charge on any atom is -0.872 e. The van der Waals surface area contributed by atoms with Crippen LogP contribution in [0.25, 0.3) is 22.1 Å². The third kappa shape index (κ3) is 5.75. The molecule has 3 aromatic rings. The van der Waals surface area contributed by atoms with Gasteiger partial charge in [-0.1, -0.05) is 17.9 Å². The summed E-state index contributed by atoms with van der Waals surface area (Å²) in [5, 5.41) is 12.6. The molecule has 1 heterocycles. The quantitative estimate of drug-likeness (QED) is 0.422. The lowest BCUT2D eigenvalue weighted by atomic mass is 9.99. The van der Waals surface area contributed by atoms with Gasteiger partial charge in [-0.15, -0.1) is 0 Å². The maximum Gasteiger partial charge on any atom is 0.450 e. The van der Waals surface area contributed by atoms with Crippen molar-refractivity contribution in [3.05, 3.63) is 51.9 Å². The molecule has 0 saturated heterocycles. The van der Waals surface area contributed by atoms with Crippen molar-refractivity contribution in [3.63, 3.8) is 0 Å². The molecule has 0 bridgehead atoms. The predicted molar refractivity (Wildman–Crippen MR) is 124 cm³/mol. The zero-order valence-corrected chi connectivity index (χ0v) is 20.4. The summed E-state index contributed by atoms with van der Waals surface area (Å²) in [7, 11) is 5.76. The largest absolute Gasteiger partial charge is 0.872 e. The Morgan fingerprint density at radius 2 is 1.58 bits per heavy atom. The van der Waals surface area contributed by atoms with Crippen LogP contribution >= 0.6 is 0 Å². The minimum absolute atomic E-state index is 0.0174. The van der Waals surface area contributed by atoms with Gasteiger partial charge in [-0.3, -0.25) is 4.79 Å². The second kappa shape index (κ2) is 11.6. The highest BCUT2D eigenvalue weighted by molar-refractivity contribution is 5.87. The summed E-state index contributed by atoms with van der Waals surface area (Å²) < 4.78 is 68.5. The van der Waals surface area contributed by atoms with Crippen molar-refractivity contribution in [3.8, 4) is 28.4 Å². The van der Waals surface area contributed by atoms with Crippen LogP contribution in [-0.4, -0.2) is 54.7 Å². The van der Waals surface area contributed by atoms with Gasteiger partial charge in [0.2, 0.25) is 11.2 Å². The molecule has 11 heteroatoms. The van der Waals surface area contributed by atoms with Crippen LogP contribution in [0.1, 0.15) is 11.3 Å². The molecule has 2 aromatic carbocycles. The second-order valence-electron chi connectivity index (χ2n) is 8.03. The van der Waals surface area contributed by atoms with Crippen molar-refractivity contribution >= 4 is 11.0 Å². The van der Waals surface area contributed by atoms with E-state index in [-0.39, 0.29) is 40.1 Å². The van der Waals surface area contributed by atoms with E-state index in [2.05, 4.69) is 0 Å². The minimum atomic E-state index is -5.01. The maximum atomic E-state index is 14.2. The average molecular weight is 511 g/mol. The van der Waals surface area contributed by atoms with E-state index in [1.807, 2.05) is 0 Å². The predicted octanol–water partition coefficient (Wildman–Crippen LogP) is 2.25.